The summed E-state index contributed by atoms with van der Waals surface area (Å²) in [5.41, 5.74) is 1.54. The fourth-order valence-corrected chi connectivity index (χ4v) is 3.23. The Labute approximate surface area is 164 Å². The zero-order valence-corrected chi connectivity index (χ0v) is 16.2. The number of hydrogen-bond acceptors (Lipinski definition) is 3. The van der Waals surface area contributed by atoms with E-state index in [9.17, 15) is 9.59 Å². The molecule has 1 unspecified atom stereocenters. The molecule has 1 saturated heterocycles. The molecule has 0 aliphatic carbocycles. The predicted molar refractivity (Wildman–Crippen MR) is 106 cm³/mol. The number of pyridine rings is 1. The Morgan fingerprint density at radius 2 is 2.07 bits per heavy atom. The van der Waals surface area contributed by atoms with Gasteiger partial charge >= 0.3 is 6.03 Å². The van der Waals surface area contributed by atoms with Gasteiger partial charge in [-0.3, -0.25) is 9.78 Å². The van der Waals surface area contributed by atoms with Crippen molar-refractivity contribution >= 4 is 17.6 Å². The number of piperidine rings is 1. The van der Waals surface area contributed by atoms with Crippen LogP contribution in [0.2, 0.25) is 0 Å². The summed E-state index contributed by atoms with van der Waals surface area (Å²) in [7, 11) is 0. The van der Waals surface area contributed by atoms with Gasteiger partial charge in [-0.05, 0) is 61.6 Å². The van der Waals surface area contributed by atoms with Gasteiger partial charge in [-0.15, -0.1) is 0 Å². The van der Waals surface area contributed by atoms with Gasteiger partial charge in [0.1, 0.15) is 0 Å². The molecule has 1 fully saturated rings. The Hall–Kier alpha value is -2.96. The lowest BCUT2D eigenvalue weighted by molar-refractivity contribution is -0.135. The molecule has 0 spiro atoms. The van der Waals surface area contributed by atoms with E-state index in [1.807, 2.05) is 38.1 Å². The lowest BCUT2D eigenvalue weighted by Gasteiger charge is -2.36. The highest BCUT2D eigenvalue weighted by molar-refractivity contribution is 5.91. The molecule has 148 valence electrons. The maximum atomic E-state index is 15.3. The largest absolute Gasteiger partial charge is 0.349 e. The van der Waals surface area contributed by atoms with Gasteiger partial charge in [0, 0.05) is 31.2 Å². The number of rotatable bonds is 4. The van der Waals surface area contributed by atoms with Gasteiger partial charge in [-0.25, -0.2) is 9.18 Å². The number of carbonyl (C=O) groups excluding carboxylic acids is 2. The molecule has 2 N–H and O–H groups in total. The second-order valence-corrected chi connectivity index (χ2v) is 7.26. The molecular formula is C21H25FN4O2. The van der Waals surface area contributed by atoms with E-state index in [-0.39, 0.29) is 19.5 Å². The molecule has 28 heavy (non-hydrogen) atoms. The zero-order valence-electron chi connectivity index (χ0n) is 16.2. The molecule has 7 heteroatoms. The molecule has 1 aliphatic rings. The highest BCUT2D eigenvalue weighted by Crippen LogP contribution is 2.26. The smallest absolute Gasteiger partial charge is 0.321 e. The number of hydrogen-bond donors (Lipinski definition) is 2. The van der Waals surface area contributed by atoms with Crippen LogP contribution in [0.4, 0.5) is 14.9 Å². The first-order chi connectivity index (χ1) is 13.4. The van der Waals surface area contributed by atoms with E-state index in [0.29, 0.717) is 18.7 Å². The van der Waals surface area contributed by atoms with Crippen LogP contribution in [0.1, 0.15) is 29.5 Å². The molecule has 2 heterocycles. The Bertz CT molecular complexity index is 859. The number of halogens is 1. The second kappa shape index (κ2) is 8.37. The third-order valence-corrected chi connectivity index (χ3v) is 5.07. The van der Waals surface area contributed by atoms with Crippen LogP contribution in [0.15, 0.2) is 42.7 Å². The van der Waals surface area contributed by atoms with Crippen molar-refractivity contribution in [1.29, 1.82) is 0 Å². The fourth-order valence-electron chi connectivity index (χ4n) is 3.23. The SMILES string of the molecule is Cc1ccc(NC(=O)N2CCCC(F)(C(=O)NCc3cccnc3)C2)cc1C. The van der Waals surface area contributed by atoms with Crippen LogP contribution in [0.5, 0.6) is 0 Å². The number of amides is 3. The van der Waals surface area contributed by atoms with Crippen molar-refractivity contribution in [3.8, 4) is 0 Å². The number of anilines is 1. The highest BCUT2D eigenvalue weighted by atomic mass is 19.1. The first kappa shape index (κ1) is 19.8. The van der Waals surface area contributed by atoms with Crippen molar-refractivity contribution in [2.75, 3.05) is 18.4 Å². The number of aryl methyl sites for hydroxylation is 2. The minimum Gasteiger partial charge on any atom is -0.349 e. The van der Waals surface area contributed by atoms with E-state index in [4.69, 9.17) is 0 Å². The molecule has 3 rings (SSSR count). The maximum absolute atomic E-state index is 15.3. The van der Waals surface area contributed by atoms with E-state index >= 15 is 4.39 Å². The van der Waals surface area contributed by atoms with Gasteiger partial charge < -0.3 is 15.5 Å². The molecule has 0 saturated carbocycles. The van der Waals surface area contributed by atoms with Crippen LogP contribution < -0.4 is 10.6 Å². The van der Waals surface area contributed by atoms with Crippen molar-refractivity contribution in [2.24, 2.45) is 0 Å². The van der Waals surface area contributed by atoms with Crippen LogP contribution in [0.25, 0.3) is 0 Å². The number of carbonyl (C=O) groups is 2. The lowest BCUT2D eigenvalue weighted by Crippen LogP contribution is -2.56. The van der Waals surface area contributed by atoms with E-state index in [1.165, 1.54) is 4.90 Å². The summed E-state index contributed by atoms with van der Waals surface area (Å²) in [6.07, 6.45) is 3.78. The molecule has 1 aliphatic heterocycles. The zero-order chi connectivity index (χ0) is 20.1. The van der Waals surface area contributed by atoms with E-state index in [1.54, 1.807) is 18.5 Å². The van der Waals surface area contributed by atoms with Gasteiger partial charge in [0.15, 0.2) is 0 Å². The Balaban J connectivity index is 1.60. The Morgan fingerprint density at radius 3 is 2.79 bits per heavy atom. The topological polar surface area (TPSA) is 74.3 Å². The van der Waals surface area contributed by atoms with Crippen LogP contribution in [0.3, 0.4) is 0 Å². The average Bonchev–Trinajstić information content (AvgIpc) is 2.69. The monoisotopic (exact) mass is 384 g/mol. The predicted octanol–water partition coefficient (Wildman–Crippen LogP) is 3.35. The summed E-state index contributed by atoms with van der Waals surface area (Å²) in [6.45, 7) is 4.31. The van der Waals surface area contributed by atoms with Gasteiger partial charge in [0.25, 0.3) is 5.91 Å². The molecule has 0 bridgehead atoms. The number of nitrogens with one attached hydrogen (secondary N) is 2. The molecule has 1 aromatic heterocycles. The van der Waals surface area contributed by atoms with Crippen molar-refractivity contribution in [2.45, 2.75) is 38.9 Å². The Kier molecular flexibility index (Phi) is 5.92. The molecule has 2 aromatic rings. The van der Waals surface area contributed by atoms with E-state index in [2.05, 4.69) is 15.6 Å². The Morgan fingerprint density at radius 1 is 1.25 bits per heavy atom. The molecule has 1 aromatic carbocycles. The summed E-state index contributed by atoms with van der Waals surface area (Å²) in [5, 5.41) is 5.41. The van der Waals surface area contributed by atoms with Crippen LogP contribution in [0, 0.1) is 13.8 Å². The van der Waals surface area contributed by atoms with Crippen molar-refractivity contribution in [3.05, 3.63) is 59.4 Å². The normalized spacial score (nSPS) is 19.2. The van der Waals surface area contributed by atoms with Crippen LogP contribution >= 0.6 is 0 Å². The van der Waals surface area contributed by atoms with Crippen LogP contribution in [-0.2, 0) is 11.3 Å². The first-order valence-corrected chi connectivity index (χ1v) is 9.37. The number of likely N-dealkylation sites (tertiary alicyclic amines) is 1. The average molecular weight is 384 g/mol. The second-order valence-electron chi connectivity index (χ2n) is 7.26. The van der Waals surface area contributed by atoms with Gasteiger partial charge in [-0.1, -0.05) is 12.1 Å². The number of benzene rings is 1. The standard InChI is InChI=1S/C21H25FN4O2/c1-15-6-7-18(11-16(15)2)25-20(28)26-10-4-8-21(22,14-26)19(27)24-13-17-5-3-9-23-12-17/h3,5-7,9,11-12H,4,8,10,13-14H2,1-2H3,(H,24,27)(H,25,28). The van der Waals surface area contributed by atoms with Crippen LogP contribution in [-0.4, -0.2) is 40.6 Å². The fraction of sp³-hybridized carbons (Fsp3) is 0.381. The summed E-state index contributed by atoms with van der Waals surface area (Å²) >= 11 is 0. The molecule has 6 nitrogen and oxygen atoms in total. The number of urea groups is 1. The van der Waals surface area contributed by atoms with Gasteiger partial charge in [0.2, 0.25) is 5.67 Å². The molecule has 0 radical (unpaired) electrons. The minimum atomic E-state index is -2.10. The van der Waals surface area contributed by atoms with Gasteiger partial charge in [0.05, 0.1) is 6.54 Å². The maximum Gasteiger partial charge on any atom is 0.321 e. The third-order valence-electron chi connectivity index (χ3n) is 5.07. The number of nitrogens with zero attached hydrogens (tertiary/aromatic N) is 2. The summed E-state index contributed by atoms with van der Waals surface area (Å²) in [5.74, 6) is -0.694. The molecular weight excluding hydrogens is 359 g/mol. The summed E-state index contributed by atoms with van der Waals surface area (Å²) in [4.78, 5) is 30.3. The van der Waals surface area contributed by atoms with E-state index in [0.717, 1.165) is 16.7 Å². The summed E-state index contributed by atoms with van der Waals surface area (Å²) < 4.78 is 15.3. The van der Waals surface area contributed by atoms with Gasteiger partial charge in [-0.2, -0.15) is 0 Å². The summed E-state index contributed by atoms with van der Waals surface area (Å²) in [6, 6.07) is 8.78. The highest BCUT2D eigenvalue weighted by Gasteiger charge is 2.43. The van der Waals surface area contributed by atoms with E-state index < -0.39 is 17.6 Å². The first-order valence-electron chi connectivity index (χ1n) is 9.37. The molecule has 1 atom stereocenters. The number of aromatic nitrogens is 1. The molecule has 3 amide bonds. The van der Waals surface area contributed by atoms with Crippen molar-refractivity contribution in [3.63, 3.8) is 0 Å². The lowest BCUT2D eigenvalue weighted by atomic mass is 9.93. The quantitative estimate of drug-likeness (QED) is 0.849. The van der Waals surface area contributed by atoms with Crippen molar-refractivity contribution in [1.82, 2.24) is 15.2 Å². The minimum absolute atomic E-state index is 0.0965. The number of alkyl halides is 1. The third kappa shape index (κ3) is 4.65. The van der Waals surface area contributed by atoms with Crippen molar-refractivity contribution < 1.29 is 14.0 Å².